The molecule has 0 saturated carbocycles. The molecule has 1 unspecified atom stereocenters. The van der Waals surface area contributed by atoms with E-state index in [0.717, 1.165) is 28.8 Å². The average Bonchev–Trinajstić information content (AvgIpc) is 2.99. The number of nitrogens with zero attached hydrogens (tertiary/aromatic N) is 3. The van der Waals surface area contributed by atoms with E-state index in [2.05, 4.69) is 37.3 Å². The number of hydrogen-bond donors (Lipinski definition) is 1. The van der Waals surface area contributed by atoms with E-state index < -0.39 is 5.41 Å². The number of aliphatic imine (C=N–C) groups is 1. The van der Waals surface area contributed by atoms with E-state index in [0.29, 0.717) is 22.3 Å². The fraction of sp³-hybridized carbons (Fsp3) is 0.222. The zero-order chi connectivity index (χ0) is 16.9. The molecule has 1 atom stereocenters. The number of benzene rings is 1. The number of aromatic nitrogens is 1. The number of carbonyl (C=O) groups excluding carboxylic acids is 1. The Bertz CT molecular complexity index is 960. The van der Waals surface area contributed by atoms with Crippen LogP contribution in [0, 0.1) is 11.3 Å². The number of nitriles is 1. The normalized spacial score (nSPS) is 21.0. The van der Waals surface area contributed by atoms with Gasteiger partial charge >= 0.3 is 0 Å². The molecule has 0 saturated heterocycles. The van der Waals surface area contributed by atoms with Gasteiger partial charge in [-0.05, 0) is 58.1 Å². The van der Waals surface area contributed by atoms with Gasteiger partial charge in [0.2, 0.25) is 0 Å². The van der Waals surface area contributed by atoms with Crippen LogP contribution in [0.5, 0.6) is 0 Å². The SMILES string of the molecule is CNC1=NC(=O)C2(CCc3ncccc32)c2cc(Br)c(C#N)cc21. The third kappa shape index (κ3) is 1.82. The Morgan fingerprint density at radius 1 is 1.38 bits per heavy atom. The lowest BCUT2D eigenvalue weighted by atomic mass is 9.71. The number of amidine groups is 1. The minimum Gasteiger partial charge on any atom is -0.373 e. The van der Waals surface area contributed by atoms with Crippen molar-refractivity contribution in [3.05, 3.63) is 62.9 Å². The first kappa shape index (κ1) is 15.0. The number of fused-ring (bicyclic) bond motifs is 4. The summed E-state index contributed by atoms with van der Waals surface area (Å²) in [5.74, 6) is 0.324. The highest BCUT2D eigenvalue weighted by molar-refractivity contribution is 9.10. The zero-order valence-corrected chi connectivity index (χ0v) is 14.5. The molecule has 24 heavy (non-hydrogen) atoms. The van der Waals surface area contributed by atoms with Gasteiger partial charge in [0.25, 0.3) is 5.91 Å². The third-order valence-electron chi connectivity index (χ3n) is 4.84. The smallest absolute Gasteiger partial charge is 0.262 e. The molecule has 1 N–H and O–H groups in total. The van der Waals surface area contributed by atoms with Crippen LogP contribution < -0.4 is 5.32 Å². The molecule has 1 amide bonds. The van der Waals surface area contributed by atoms with Crippen LogP contribution in [0.25, 0.3) is 0 Å². The number of pyridine rings is 1. The summed E-state index contributed by atoms with van der Waals surface area (Å²) in [6, 6.07) is 9.67. The second kappa shape index (κ2) is 5.25. The van der Waals surface area contributed by atoms with E-state index >= 15 is 0 Å². The molecule has 1 aliphatic heterocycles. The van der Waals surface area contributed by atoms with Gasteiger partial charge in [0.15, 0.2) is 0 Å². The van der Waals surface area contributed by atoms with Gasteiger partial charge in [-0.1, -0.05) is 6.07 Å². The van der Waals surface area contributed by atoms with E-state index in [4.69, 9.17) is 0 Å². The fourth-order valence-corrected chi connectivity index (χ4v) is 4.17. The lowest BCUT2D eigenvalue weighted by Gasteiger charge is -2.33. The van der Waals surface area contributed by atoms with Crippen molar-refractivity contribution in [3.8, 4) is 6.07 Å². The second-order valence-electron chi connectivity index (χ2n) is 5.91. The number of amides is 1. The highest BCUT2D eigenvalue weighted by atomic mass is 79.9. The largest absolute Gasteiger partial charge is 0.373 e. The molecule has 1 aromatic heterocycles. The monoisotopic (exact) mass is 380 g/mol. The minimum absolute atomic E-state index is 0.178. The number of carbonyl (C=O) groups is 1. The quantitative estimate of drug-likeness (QED) is 0.761. The fourth-order valence-electron chi connectivity index (χ4n) is 3.74. The Balaban J connectivity index is 2.07. The average molecular weight is 381 g/mol. The van der Waals surface area contributed by atoms with Crippen molar-refractivity contribution >= 4 is 27.7 Å². The Labute approximate surface area is 147 Å². The summed E-state index contributed by atoms with van der Waals surface area (Å²) < 4.78 is 0.686. The molecule has 1 aromatic carbocycles. The van der Waals surface area contributed by atoms with Crippen LogP contribution in [0.4, 0.5) is 0 Å². The van der Waals surface area contributed by atoms with Gasteiger partial charge in [-0.25, -0.2) is 0 Å². The molecule has 5 nitrogen and oxygen atoms in total. The van der Waals surface area contributed by atoms with Crippen LogP contribution in [0.1, 0.15) is 34.4 Å². The van der Waals surface area contributed by atoms with E-state index in [9.17, 15) is 10.1 Å². The molecule has 2 aliphatic rings. The number of aryl methyl sites for hydroxylation is 1. The summed E-state index contributed by atoms with van der Waals surface area (Å²) in [6.45, 7) is 0. The van der Waals surface area contributed by atoms with Gasteiger partial charge in [0.05, 0.1) is 5.56 Å². The molecule has 0 radical (unpaired) electrons. The van der Waals surface area contributed by atoms with E-state index in [1.54, 1.807) is 19.3 Å². The third-order valence-corrected chi connectivity index (χ3v) is 5.50. The topological polar surface area (TPSA) is 78.1 Å². The molecule has 6 heteroatoms. The predicted molar refractivity (Wildman–Crippen MR) is 92.8 cm³/mol. The Kier molecular flexibility index (Phi) is 3.29. The summed E-state index contributed by atoms with van der Waals surface area (Å²) in [5.41, 5.74) is 3.26. The maximum atomic E-state index is 13.0. The van der Waals surface area contributed by atoms with Gasteiger partial charge in [-0.3, -0.25) is 9.78 Å². The molecule has 1 spiro atoms. The molecule has 118 valence electrons. The number of rotatable bonds is 0. The molecule has 1 aliphatic carbocycles. The first-order valence-electron chi connectivity index (χ1n) is 7.61. The molecule has 2 heterocycles. The van der Waals surface area contributed by atoms with Crippen molar-refractivity contribution < 1.29 is 4.79 Å². The van der Waals surface area contributed by atoms with Gasteiger partial charge in [0.1, 0.15) is 17.3 Å². The van der Waals surface area contributed by atoms with Crippen molar-refractivity contribution in [1.82, 2.24) is 10.3 Å². The van der Waals surface area contributed by atoms with Crippen molar-refractivity contribution in [3.63, 3.8) is 0 Å². The van der Waals surface area contributed by atoms with E-state index in [-0.39, 0.29) is 5.91 Å². The standard InChI is InChI=1S/C18H13BrN4O/c1-21-16-11-7-10(9-20)14(19)8-13(11)18(17(24)23-16)5-4-15-12(18)3-2-6-22-15/h2-3,6-8H,4-5H2,1H3,(H,21,23,24). The van der Waals surface area contributed by atoms with Gasteiger partial charge < -0.3 is 5.32 Å². The highest BCUT2D eigenvalue weighted by Gasteiger charge is 2.51. The first-order valence-corrected chi connectivity index (χ1v) is 8.41. The van der Waals surface area contributed by atoms with Gasteiger partial charge in [-0.2, -0.15) is 10.3 Å². The summed E-state index contributed by atoms with van der Waals surface area (Å²) in [5, 5.41) is 12.3. The van der Waals surface area contributed by atoms with Crippen LogP contribution in [0.3, 0.4) is 0 Å². The molecule has 0 fully saturated rings. The van der Waals surface area contributed by atoms with E-state index in [1.807, 2.05) is 18.2 Å². The Morgan fingerprint density at radius 2 is 2.21 bits per heavy atom. The zero-order valence-electron chi connectivity index (χ0n) is 12.9. The summed E-state index contributed by atoms with van der Waals surface area (Å²) in [7, 11) is 1.73. The molecular formula is C18H13BrN4O. The molecule has 0 bridgehead atoms. The predicted octanol–water partition coefficient (Wildman–Crippen LogP) is 2.45. The van der Waals surface area contributed by atoms with Crippen molar-refractivity contribution in [1.29, 1.82) is 5.26 Å². The summed E-state index contributed by atoms with van der Waals surface area (Å²) in [6.07, 6.45) is 3.14. The van der Waals surface area contributed by atoms with Crippen LogP contribution >= 0.6 is 15.9 Å². The van der Waals surface area contributed by atoms with Gasteiger partial charge in [0, 0.05) is 29.0 Å². The van der Waals surface area contributed by atoms with Crippen LogP contribution in [-0.2, 0) is 16.6 Å². The summed E-state index contributed by atoms with van der Waals surface area (Å²) in [4.78, 5) is 21.8. The van der Waals surface area contributed by atoms with Crippen LogP contribution in [0.2, 0.25) is 0 Å². The van der Waals surface area contributed by atoms with Crippen molar-refractivity contribution in [2.45, 2.75) is 18.3 Å². The highest BCUT2D eigenvalue weighted by Crippen LogP contribution is 2.48. The second-order valence-corrected chi connectivity index (χ2v) is 6.76. The van der Waals surface area contributed by atoms with E-state index in [1.165, 1.54) is 0 Å². The lowest BCUT2D eigenvalue weighted by Crippen LogP contribution is -2.42. The maximum Gasteiger partial charge on any atom is 0.262 e. The Hall–Kier alpha value is -2.52. The van der Waals surface area contributed by atoms with Crippen molar-refractivity contribution in [2.75, 3.05) is 7.05 Å². The number of nitrogens with one attached hydrogen (secondary N) is 1. The van der Waals surface area contributed by atoms with Crippen molar-refractivity contribution in [2.24, 2.45) is 4.99 Å². The molecular weight excluding hydrogens is 368 g/mol. The lowest BCUT2D eigenvalue weighted by molar-refractivity contribution is -0.122. The Morgan fingerprint density at radius 3 is 2.96 bits per heavy atom. The summed E-state index contributed by atoms with van der Waals surface area (Å²) >= 11 is 3.46. The molecule has 2 aromatic rings. The number of hydrogen-bond acceptors (Lipinski definition) is 4. The minimum atomic E-state index is -0.810. The number of halogens is 1. The van der Waals surface area contributed by atoms with Crippen LogP contribution in [-0.4, -0.2) is 23.8 Å². The van der Waals surface area contributed by atoms with Crippen LogP contribution in [0.15, 0.2) is 39.9 Å². The van der Waals surface area contributed by atoms with Gasteiger partial charge in [-0.15, -0.1) is 0 Å². The maximum absolute atomic E-state index is 13.0. The first-order chi connectivity index (χ1) is 11.6. The molecule has 4 rings (SSSR count).